The van der Waals surface area contributed by atoms with Crippen LogP contribution < -0.4 is 10.8 Å². The van der Waals surface area contributed by atoms with Crippen LogP contribution in [0.3, 0.4) is 0 Å². The number of alkyl halides is 2. The Balaban J connectivity index is 2.06. The van der Waals surface area contributed by atoms with Crippen molar-refractivity contribution in [3.63, 3.8) is 0 Å². The fourth-order valence-corrected chi connectivity index (χ4v) is 3.85. The predicted octanol–water partition coefficient (Wildman–Crippen LogP) is 3.98. The Morgan fingerprint density at radius 1 is 1.27 bits per heavy atom. The fourth-order valence-electron chi connectivity index (χ4n) is 3.08. The minimum absolute atomic E-state index is 0.00373. The molecule has 1 aromatic carbocycles. The summed E-state index contributed by atoms with van der Waals surface area (Å²) in [5, 5.41) is 12.5. The predicted molar refractivity (Wildman–Crippen MR) is 111 cm³/mol. The minimum Gasteiger partial charge on any atom is -0.390 e. The number of nitrogens with one attached hydrogen (secondary N) is 1. The maximum atomic E-state index is 14.8. The molecule has 2 heterocycles. The Hall–Kier alpha value is -2.51. The van der Waals surface area contributed by atoms with E-state index in [1.165, 1.54) is 18.3 Å². The van der Waals surface area contributed by atoms with Crippen LogP contribution >= 0.6 is 7.14 Å². The van der Waals surface area contributed by atoms with Crippen molar-refractivity contribution in [2.75, 3.05) is 25.3 Å². The van der Waals surface area contributed by atoms with E-state index >= 15 is 0 Å². The van der Waals surface area contributed by atoms with Gasteiger partial charge in [0.2, 0.25) is 0 Å². The van der Waals surface area contributed by atoms with E-state index in [0.29, 0.717) is 28.0 Å². The highest BCUT2D eigenvalue weighted by molar-refractivity contribution is 7.69. The van der Waals surface area contributed by atoms with Gasteiger partial charge in [-0.25, -0.2) is 14.4 Å². The molecule has 3 rings (SSSR count). The van der Waals surface area contributed by atoms with Crippen molar-refractivity contribution in [1.82, 2.24) is 15.0 Å². The molecular weight excluding hydrogens is 416 g/mol. The first kappa shape index (κ1) is 22.2. The van der Waals surface area contributed by atoms with Gasteiger partial charge in [0.05, 0.1) is 23.3 Å². The number of hydrogen-bond acceptors (Lipinski definition) is 6. The van der Waals surface area contributed by atoms with Gasteiger partial charge in [0.1, 0.15) is 36.6 Å². The van der Waals surface area contributed by atoms with E-state index in [9.17, 15) is 17.7 Å². The Bertz CT molecular complexity index is 1150. The third-order valence-electron chi connectivity index (χ3n) is 4.67. The van der Waals surface area contributed by atoms with Crippen molar-refractivity contribution >= 4 is 29.3 Å². The van der Waals surface area contributed by atoms with Gasteiger partial charge in [0.25, 0.3) is 5.92 Å². The standard InChI is InChI=1S/C20H22F3N4O2P/c1-11(13-6-5-7-15(18(13)21)20(22,23)10-28)25-19-14-8-17(30(3,4)29)24-9-16(14)26-12(2)27-19/h5-9,11,28H,10H2,1-4H3,(H,25,26,27). The second-order valence-corrected chi connectivity index (χ2v) is 10.6. The van der Waals surface area contributed by atoms with E-state index in [1.54, 1.807) is 33.2 Å². The zero-order valence-corrected chi connectivity index (χ0v) is 17.8. The molecule has 2 aromatic heterocycles. The number of aryl methyl sites for hydroxylation is 1. The van der Waals surface area contributed by atoms with E-state index in [0.717, 1.165) is 6.07 Å². The molecule has 1 unspecified atom stereocenters. The molecule has 3 aromatic rings. The second kappa shape index (κ2) is 7.96. The molecule has 6 nitrogen and oxygen atoms in total. The lowest BCUT2D eigenvalue weighted by atomic mass is 10.00. The number of aliphatic hydroxyl groups excluding tert-OH is 1. The van der Waals surface area contributed by atoms with Crippen LogP contribution in [0.25, 0.3) is 10.9 Å². The van der Waals surface area contributed by atoms with E-state index in [2.05, 4.69) is 20.3 Å². The van der Waals surface area contributed by atoms with Crippen LogP contribution in [-0.4, -0.2) is 40.0 Å². The molecule has 0 aliphatic rings. The summed E-state index contributed by atoms with van der Waals surface area (Å²) in [5.41, 5.74) is 0.0320. The molecule has 2 N–H and O–H groups in total. The van der Waals surface area contributed by atoms with Crippen molar-refractivity contribution in [2.24, 2.45) is 0 Å². The number of fused-ring (bicyclic) bond motifs is 1. The molecule has 0 spiro atoms. The van der Waals surface area contributed by atoms with Crippen LogP contribution in [0.15, 0.2) is 30.5 Å². The summed E-state index contributed by atoms with van der Waals surface area (Å²) in [5.74, 6) is -4.01. The zero-order chi connectivity index (χ0) is 22.3. The largest absolute Gasteiger partial charge is 0.390 e. The van der Waals surface area contributed by atoms with Crippen molar-refractivity contribution in [3.05, 3.63) is 53.2 Å². The van der Waals surface area contributed by atoms with Crippen LogP contribution in [-0.2, 0) is 10.5 Å². The van der Waals surface area contributed by atoms with Crippen LogP contribution in [0, 0.1) is 12.7 Å². The maximum Gasteiger partial charge on any atom is 0.298 e. The molecule has 0 amide bonds. The van der Waals surface area contributed by atoms with E-state index in [-0.39, 0.29) is 5.56 Å². The quantitative estimate of drug-likeness (QED) is 0.566. The Labute approximate surface area is 172 Å². The molecule has 0 saturated carbocycles. The topological polar surface area (TPSA) is 88.0 Å². The molecule has 30 heavy (non-hydrogen) atoms. The Morgan fingerprint density at radius 3 is 2.60 bits per heavy atom. The first-order chi connectivity index (χ1) is 13.9. The minimum atomic E-state index is -3.69. The molecule has 160 valence electrons. The maximum absolute atomic E-state index is 14.8. The number of benzene rings is 1. The van der Waals surface area contributed by atoms with Crippen molar-refractivity contribution in [3.8, 4) is 0 Å². The first-order valence-electron chi connectivity index (χ1n) is 9.18. The fraction of sp³-hybridized carbons (Fsp3) is 0.350. The van der Waals surface area contributed by atoms with E-state index in [1.807, 2.05) is 0 Å². The van der Waals surface area contributed by atoms with Crippen LogP contribution in [0.4, 0.5) is 19.0 Å². The number of halogens is 3. The van der Waals surface area contributed by atoms with Gasteiger partial charge in [-0.05, 0) is 39.3 Å². The van der Waals surface area contributed by atoms with Crippen LogP contribution in [0.5, 0.6) is 0 Å². The lowest BCUT2D eigenvalue weighted by Crippen LogP contribution is -2.22. The molecule has 0 fully saturated rings. The first-order valence-corrected chi connectivity index (χ1v) is 11.8. The van der Waals surface area contributed by atoms with E-state index in [4.69, 9.17) is 5.11 Å². The third kappa shape index (κ3) is 4.32. The highest BCUT2D eigenvalue weighted by Crippen LogP contribution is 2.36. The number of hydrogen-bond donors (Lipinski definition) is 2. The van der Waals surface area contributed by atoms with Gasteiger partial charge in [-0.3, -0.25) is 4.98 Å². The highest BCUT2D eigenvalue weighted by Gasteiger charge is 2.35. The van der Waals surface area contributed by atoms with Crippen molar-refractivity contribution < 1.29 is 22.8 Å². The van der Waals surface area contributed by atoms with Gasteiger partial charge in [-0.1, -0.05) is 12.1 Å². The van der Waals surface area contributed by atoms with Gasteiger partial charge in [0, 0.05) is 10.9 Å². The van der Waals surface area contributed by atoms with Gasteiger partial charge < -0.3 is 15.0 Å². The van der Waals surface area contributed by atoms with Crippen LogP contribution in [0.2, 0.25) is 0 Å². The highest BCUT2D eigenvalue weighted by atomic mass is 31.2. The van der Waals surface area contributed by atoms with Crippen LogP contribution in [0.1, 0.15) is 29.9 Å². The third-order valence-corrected chi connectivity index (χ3v) is 6.02. The summed E-state index contributed by atoms with van der Waals surface area (Å²) < 4.78 is 55.0. The monoisotopic (exact) mass is 438 g/mol. The molecule has 0 saturated heterocycles. The summed E-state index contributed by atoms with van der Waals surface area (Å²) in [6.45, 7) is 4.98. The number of nitrogens with zero attached hydrogens (tertiary/aromatic N) is 3. The molecule has 0 aliphatic heterocycles. The summed E-state index contributed by atoms with van der Waals surface area (Å²) in [6, 6.07) is 4.54. The average molecular weight is 438 g/mol. The number of rotatable bonds is 6. The normalized spacial score (nSPS) is 13.5. The molecule has 10 heteroatoms. The number of anilines is 1. The summed E-state index contributed by atoms with van der Waals surface area (Å²) in [6.07, 6.45) is 1.50. The number of aromatic nitrogens is 3. The summed E-state index contributed by atoms with van der Waals surface area (Å²) in [4.78, 5) is 12.9. The Morgan fingerprint density at radius 2 is 1.97 bits per heavy atom. The summed E-state index contributed by atoms with van der Waals surface area (Å²) >= 11 is 0. The van der Waals surface area contributed by atoms with Gasteiger partial charge >= 0.3 is 0 Å². The van der Waals surface area contributed by atoms with Crippen molar-refractivity contribution in [2.45, 2.75) is 25.8 Å². The van der Waals surface area contributed by atoms with Crippen molar-refractivity contribution in [1.29, 1.82) is 0 Å². The van der Waals surface area contributed by atoms with E-state index < -0.39 is 37.1 Å². The Kier molecular flexibility index (Phi) is 5.89. The molecule has 0 radical (unpaired) electrons. The lowest BCUT2D eigenvalue weighted by Gasteiger charge is -2.21. The lowest BCUT2D eigenvalue weighted by molar-refractivity contribution is -0.0583. The summed E-state index contributed by atoms with van der Waals surface area (Å²) in [7, 11) is -2.64. The second-order valence-electron chi connectivity index (χ2n) is 7.47. The molecule has 1 atom stereocenters. The number of pyridine rings is 1. The SMILES string of the molecule is Cc1nc(NC(C)c2cccc(C(F)(F)CO)c2F)c2cc(P(C)(C)=O)ncc2n1. The number of aliphatic hydroxyl groups is 1. The average Bonchev–Trinajstić information content (AvgIpc) is 2.66. The molecule has 0 aliphatic carbocycles. The zero-order valence-electron chi connectivity index (χ0n) is 16.9. The van der Waals surface area contributed by atoms with Gasteiger partial charge in [-0.15, -0.1) is 0 Å². The molecular formula is C20H22F3N4O2P. The molecule has 0 bridgehead atoms. The smallest absolute Gasteiger partial charge is 0.298 e. The van der Waals surface area contributed by atoms with Gasteiger partial charge in [0.15, 0.2) is 0 Å². The van der Waals surface area contributed by atoms with Gasteiger partial charge in [-0.2, -0.15) is 8.78 Å².